The molecule has 0 saturated heterocycles. The van der Waals surface area contributed by atoms with Crippen LogP contribution in [0.1, 0.15) is 49.3 Å². The predicted molar refractivity (Wildman–Crippen MR) is 143 cm³/mol. The summed E-state index contributed by atoms with van der Waals surface area (Å²) in [6, 6.07) is 22.9. The molecule has 1 aromatic heterocycles. The first-order valence-corrected chi connectivity index (χ1v) is 11.6. The predicted octanol–water partition coefficient (Wildman–Crippen LogP) is 6.30. The van der Waals surface area contributed by atoms with Crippen LogP contribution in [0.15, 0.2) is 84.0 Å². The van der Waals surface area contributed by atoms with E-state index < -0.39 is 0 Å². The quantitative estimate of drug-likeness (QED) is 0.258. The van der Waals surface area contributed by atoms with Crippen LogP contribution in [0.4, 0.5) is 5.69 Å². The van der Waals surface area contributed by atoms with E-state index >= 15 is 0 Å². The van der Waals surface area contributed by atoms with E-state index in [1.807, 2.05) is 61.5 Å². The van der Waals surface area contributed by atoms with Crippen molar-refractivity contribution in [3.63, 3.8) is 0 Å². The van der Waals surface area contributed by atoms with E-state index in [1.54, 1.807) is 18.3 Å². The summed E-state index contributed by atoms with van der Waals surface area (Å²) in [7, 11) is 0. The van der Waals surface area contributed by atoms with Gasteiger partial charge in [-0.05, 0) is 71.1 Å². The van der Waals surface area contributed by atoms with E-state index in [2.05, 4.69) is 42.1 Å². The minimum absolute atomic E-state index is 0.00416. The fourth-order valence-corrected chi connectivity index (χ4v) is 3.70. The molecule has 0 aliphatic carbocycles. The number of rotatable bonds is 6. The van der Waals surface area contributed by atoms with Crippen LogP contribution >= 0.6 is 0 Å². The lowest BCUT2D eigenvalue weighted by Gasteiger charge is -2.20. The number of amides is 1. The lowest BCUT2D eigenvalue weighted by molar-refractivity contribution is 0.102. The molecule has 0 fully saturated rings. The Labute approximate surface area is 205 Å². The van der Waals surface area contributed by atoms with Gasteiger partial charge in [-0.3, -0.25) is 14.8 Å². The van der Waals surface area contributed by atoms with Gasteiger partial charge in [-0.25, -0.2) is 0 Å². The molecule has 0 unspecified atom stereocenters. The number of pyridine rings is 1. The lowest BCUT2D eigenvalue weighted by Crippen LogP contribution is -2.15. The normalized spacial score (nSPS) is 11.9. The van der Waals surface area contributed by atoms with Gasteiger partial charge in [0.1, 0.15) is 23.0 Å². The molecule has 0 radical (unpaired) electrons. The largest absolute Gasteiger partial charge is 0.457 e. The lowest BCUT2D eigenvalue weighted by atomic mass is 9.87. The number of nitrogens with one attached hydrogen (secondary N) is 1. The molecule has 0 atom stereocenters. The molecule has 178 valence electrons. The first-order valence-electron chi connectivity index (χ1n) is 11.6. The molecule has 35 heavy (non-hydrogen) atoms. The molecule has 6 heteroatoms. The van der Waals surface area contributed by atoms with Crippen LogP contribution in [0.3, 0.4) is 0 Å². The Balaban J connectivity index is 1.55. The highest BCUT2D eigenvalue weighted by molar-refractivity contribution is 6.06. The van der Waals surface area contributed by atoms with Gasteiger partial charge in [0.2, 0.25) is 0 Å². The minimum atomic E-state index is -0.159. The third kappa shape index (κ3) is 5.84. The molecule has 0 aliphatic rings. The average Bonchev–Trinajstić information content (AvgIpc) is 2.83. The Hall–Kier alpha value is -4.19. The molecule has 3 N–H and O–H groups in total. The van der Waals surface area contributed by atoms with Crippen molar-refractivity contribution in [2.75, 3.05) is 11.9 Å². The zero-order valence-corrected chi connectivity index (χ0v) is 20.5. The number of ether oxygens (including phenoxy) is 1. The Morgan fingerprint density at radius 1 is 0.971 bits per heavy atom. The van der Waals surface area contributed by atoms with Crippen molar-refractivity contribution >= 4 is 28.2 Å². The summed E-state index contributed by atoms with van der Waals surface area (Å²) in [5.74, 6) is 1.47. The van der Waals surface area contributed by atoms with Crippen LogP contribution < -0.4 is 15.8 Å². The van der Waals surface area contributed by atoms with Gasteiger partial charge < -0.3 is 15.8 Å². The molecular formula is C29H30N4O2. The second kappa shape index (κ2) is 9.97. The minimum Gasteiger partial charge on any atom is -0.457 e. The Kier molecular flexibility index (Phi) is 6.82. The number of benzene rings is 3. The van der Waals surface area contributed by atoms with Crippen molar-refractivity contribution in [3.8, 4) is 11.5 Å². The number of hydrogen-bond donors (Lipinski definition) is 2. The summed E-state index contributed by atoms with van der Waals surface area (Å²) in [6.07, 6.45) is 1.64. The number of anilines is 1. The molecule has 4 rings (SSSR count). The van der Waals surface area contributed by atoms with E-state index in [9.17, 15) is 4.79 Å². The van der Waals surface area contributed by atoms with Crippen LogP contribution in [0.25, 0.3) is 10.8 Å². The topological polar surface area (TPSA) is 89.6 Å². The smallest absolute Gasteiger partial charge is 0.255 e. The first-order chi connectivity index (χ1) is 16.7. The third-order valence-corrected chi connectivity index (χ3v) is 5.62. The van der Waals surface area contributed by atoms with Gasteiger partial charge in [0.05, 0.1) is 0 Å². The summed E-state index contributed by atoms with van der Waals surface area (Å²) in [5.41, 5.74) is 9.05. The van der Waals surface area contributed by atoms with Gasteiger partial charge in [-0.2, -0.15) is 0 Å². The highest BCUT2D eigenvalue weighted by atomic mass is 16.5. The number of carbonyl (C=O) groups is 1. The number of carbonyl (C=O) groups excluding carboxylic acids is 1. The fourth-order valence-electron chi connectivity index (χ4n) is 3.70. The summed E-state index contributed by atoms with van der Waals surface area (Å²) < 4.78 is 6.05. The van der Waals surface area contributed by atoms with Gasteiger partial charge in [-0.1, -0.05) is 45.0 Å². The van der Waals surface area contributed by atoms with Crippen molar-refractivity contribution in [2.24, 2.45) is 10.7 Å². The maximum Gasteiger partial charge on any atom is 0.255 e. The van der Waals surface area contributed by atoms with E-state index in [1.165, 1.54) is 0 Å². The van der Waals surface area contributed by atoms with Gasteiger partial charge in [0.25, 0.3) is 5.91 Å². The second-order valence-electron chi connectivity index (χ2n) is 9.35. The molecule has 4 aromatic rings. The van der Waals surface area contributed by atoms with Crippen LogP contribution in [0.5, 0.6) is 11.5 Å². The summed E-state index contributed by atoms with van der Waals surface area (Å²) in [4.78, 5) is 21.4. The second-order valence-corrected chi connectivity index (χ2v) is 9.35. The standard InChI is InChI=1S/C29H30N4O2/c1-5-31-27(30)26-18-25(13-14-32-26)35-24-12-11-19-9-10-20(15-21(19)16-24)28(34)33-23-8-6-7-22(17-23)29(2,3)4/h6-18H,5H2,1-4H3,(H2,30,31)(H,33,34). The maximum absolute atomic E-state index is 13.0. The summed E-state index contributed by atoms with van der Waals surface area (Å²) in [6.45, 7) is 8.95. The van der Waals surface area contributed by atoms with Gasteiger partial charge >= 0.3 is 0 Å². The number of hydrogen-bond acceptors (Lipinski definition) is 4. The third-order valence-electron chi connectivity index (χ3n) is 5.62. The van der Waals surface area contributed by atoms with Gasteiger partial charge in [0.15, 0.2) is 0 Å². The van der Waals surface area contributed by atoms with Crippen molar-refractivity contribution in [2.45, 2.75) is 33.1 Å². The Morgan fingerprint density at radius 2 is 1.74 bits per heavy atom. The molecule has 0 bridgehead atoms. The monoisotopic (exact) mass is 466 g/mol. The first kappa shape index (κ1) is 24.0. The van der Waals surface area contributed by atoms with Crippen LogP contribution in [-0.2, 0) is 5.41 Å². The molecule has 0 spiro atoms. The Bertz CT molecular complexity index is 1400. The van der Waals surface area contributed by atoms with Gasteiger partial charge in [-0.15, -0.1) is 0 Å². The molecular weight excluding hydrogens is 436 g/mol. The maximum atomic E-state index is 13.0. The SMILES string of the molecule is CCN=C(N)c1cc(Oc2ccc3ccc(C(=O)Nc4cccc(C(C)(C)C)c4)cc3c2)ccn1. The number of nitrogens with zero attached hydrogens (tertiary/aromatic N) is 2. The van der Waals surface area contributed by atoms with Crippen molar-refractivity contribution < 1.29 is 9.53 Å². The zero-order valence-electron chi connectivity index (χ0n) is 20.5. The molecule has 0 aliphatic heterocycles. The average molecular weight is 467 g/mol. The van der Waals surface area contributed by atoms with Crippen LogP contribution in [0, 0.1) is 0 Å². The Morgan fingerprint density at radius 3 is 2.51 bits per heavy atom. The van der Waals surface area contributed by atoms with Crippen molar-refractivity contribution in [1.29, 1.82) is 0 Å². The van der Waals surface area contributed by atoms with Crippen molar-refractivity contribution in [3.05, 3.63) is 95.8 Å². The number of aliphatic imine (C=N–C) groups is 1. The highest BCUT2D eigenvalue weighted by Crippen LogP contribution is 2.28. The van der Waals surface area contributed by atoms with Gasteiger partial charge in [0, 0.05) is 30.1 Å². The van der Waals surface area contributed by atoms with Crippen molar-refractivity contribution in [1.82, 2.24) is 4.98 Å². The fraction of sp³-hybridized carbons (Fsp3) is 0.207. The van der Waals surface area contributed by atoms with E-state index in [-0.39, 0.29) is 11.3 Å². The van der Waals surface area contributed by atoms with E-state index in [0.717, 1.165) is 22.0 Å². The number of fused-ring (bicyclic) bond motifs is 1. The molecule has 6 nitrogen and oxygen atoms in total. The summed E-state index contributed by atoms with van der Waals surface area (Å²) in [5, 5.41) is 4.93. The van der Waals surface area contributed by atoms with Crippen LogP contribution in [0.2, 0.25) is 0 Å². The van der Waals surface area contributed by atoms with E-state index in [4.69, 9.17) is 10.5 Å². The molecule has 0 saturated carbocycles. The molecule has 1 heterocycles. The zero-order chi connectivity index (χ0) is 25.0. The number of aromatic nitrogens is 1. The highest BCUT2D eigenvalue weighted by Gasteiger charge is 2.15. The molecule has 1 amide bonds. The number of nitrogens with two attached hydrogens (primary N) is 1. The van der Waals surface area contributed by atoms with Crippen LogP contribution in [-0.4, -0.2) is 23.3 Å². The molecule has 3 aromatic carbocycles. The summed E-state index contributed by atoms with van der Waals surface area (Å²) >= 11 is 0. The van der Waals surface area contributed by atoms with E-state index in [0.29, 0.717) is 35.1 Å². The number of amidine groups is 1.